The number of unbranched alkanes of at least 4 members (excludes halogenated alkanes) is 25. The normalized spacial score (nSPS) is 12.8. The van der Waals surface area contributed by atoms with E-state index in [1.807, 2.05) is 6.08 Å². The molecule has 0 aromatic carbocycles. The number of hydrogen-bond acceptors (Lipinski definition) is 4. The minimum Gasteiger partial charge on any atom is -0.481 e. The first-order chi connectivity index (χ1) is 20.0. The van der Waals surface area contributed by atoms with Crippen LogP contribution in [0.3, 0.4) is 0 Å². The molecule has 0 aliphatic heterocycles. The minimum absolute atomic E-state index is 0.177. The molecule has 0 amide bonds. The molecular formula is C36H73NO4. The average molecular weight is 584 g/mol. The summed E-state index contributed by atoms with van der Waals surface area (Å²) in [6.07, 6.45) is 39.0. The number of hydrogen-bond donors (Lipinski definition) is 4. The summed E-state index contributed by atoms with van der Waals surface area (Å²) >= 11 is 0. The third-order valence-electron chi connectivity index (χ3n) is 7.95. The Morgan fingerprint density at radius 3 is 1.22 bits per heavy atom. The van der Waals surface area contributed by atoms with Gasteiger partial charge in [-0.15, -0.1) is 0 Å². The maximum Gasteiger partial charge on any atom is 0.303 e. The molecule has 0 saturated carbocycles. The highest BCUT2D eigenvalue weighted by molar-refractivity contribution is 5.66. The standard InChI is InChI=1S/C18H37NO2.C18H36O2/c1-2-3-4-5-6-7-8-9-10-11-12-13-14-15-18(21)17(19)16-20;1-2-3-4-5-6-7-8-9-10-11-12-13-14-15-16-17-18(19)20/h14-15,17-18,20-21H,2-13,16,19H2,1H3;2-17H2,1H3,(H,19,20)/b15-14+;. The maximum atomic E-state index is 10.3. The number of aliphatic hydroxyl groups excluding tert-OH is 2. The van der Waals surface area contributed by atoms with E-state index in [2.05, 4.69) is 13.8 Å². The van der Waals surface area contributed by atoms with Crippen LogP contribution in [0.2, 0.25) is 0 Å². The molecule has 41 heavy (non-hydrogen) atoms. The van der Waals surface area contributed by atoms with Crippen molar-refractivity contribution in [3.05, 3.63) is 12.2 Å². The van der Waals surface area contributed by atoms with Gasteiger partial charge in [0.25, 0.3) is 0 Å². The van der Waals surface area contributed by atoms with Gasteiger partial charge in [0.05, 0.1) is 18.8 Å². The molecule has 0 bridgehead atoms. The van der Waals surface area contributed by atoms with Crippen LogP contribution >= 0.6 is 0 Å². The number of carboxylic acid groups (broad SMARTS) is 1. The van der Waals surface area contributed by atoms with Gasteiger partial charge in [0.2, 0.25) is 0 Å². The topological polar surface area (TPSA) is 104 Å². The molecule has 0 spiro atoms. The van der Waals surface area contributed by atoms with Gasteiger partial charge in [-0.25, -0.2) is 0 Å². The minimum atomic E-state index is -0.720. The van der Waals surface area contributed by atoms with Crippen LogP contribution in [0.25, 0.3) is 0 Å². The van der Waals surface area contributed by atoms with Crippen LogP contribution < -0.4 is 5.73 Å². The summed E-state index contributed by atoms with van der Waals surface area (Å²) in [6.45, 7) is 4.35. The number of rotatable bonds is 31. The van der Waals surface area contributed by atoms with Gasteiger partial charge < -0.3 is 21.1 Å². The van der Waals surface area contributed by atoms with E-state index in [1.54, 1.807) is 6.08 Å². The van der Waals surface area contributed by atoms with Crippen LogP contribution in [0, 0.1) is 0 Å². The number of carboxylic acids is 1. The van der Waals surface area contributed by atoms with E-state index in [0.717, 1.165) is 19.3 Å². The predicted molar refractivity (Wildman–Crippen MR) is 178 cm³/mol. The van der Waals surface area contributed by atoms with Crippen LogP contribution in [-0.4, -0.2) is 40.0 Å². The zero-order chi connectivity index (χ0) is 30.7. The van der Waals surface area contributed by atoms with E-state index in [4.69, 9.17) is 15.9 Å². The molecule has 0 rings (SSSR count). The lowest BCUT2D eigenvalue weighted by Crippen LogP contribution is -2.36. The zero-order valence-electron chi connectivity index (χ0n) is 27.6. The number of carbonyl (C=O) groups is 1. The van der Waals surface area contributed by atoms with Gasteiger partial charge in [0.15, 0.2) is 0 Å². The van der Waals surface area contributed by atoms with Gasteiger partial charge in [-0.05, 0) is 19.3 Å². The molecule has 5 N–H and O–H groups in total. The Hall–Kier alpha value is -0.910. The molecule has 0 saturated heterocycles. The van der Waals surface area contributed by atoms with E-state index in [1.165, 1.54) is 154 Å². The molecule has 0 aromatic rings. The Morgan fingerprint density at radius 1 is 0.585 bits per heavy atom. The number of nitrogens with two attached hydrogens (primary N) is 1. The molecular weight excluding hydrogens is 510 g/mol. The van der Waals surface area contributed by atoms with Crippen LogP contribution in [0.4, 0.5) is 0 Å². The zero-order valence-corrected chi connectivity index (χ0v) is 27.6. The Bertz CT molecular complexity index is 526. The monoisotopic (exact) mass is 584 g/mol. The van der Waals surface area contributed by atoms with Crippen molar-refractivity contribution in [3.8, 4) is 0 Å². The summed E-state index contributed by atoms with van der Waals surface area (Å²) in [7, 11) is 0. The average Bonchev–Trinajstić information content (AvgIpc) is 2.97. The largest absolute Gasteiger partial charge is 0.481 e. The van der Waals surface area contributed by atoms with E-state index in [-0.39, 0.29) is 6.61 Å². The predicted octanol–water partition coefficient (Wildman–Crippen LogP) is 10.3. The number of allylic oxidation sites excluding steroid dienone is 1. The summed E-state index contributed by atoms with van der Waals surface area (Å²) in [5, 5.41) is 26.8. The van der Waals surface area contributed by atoms with Crippen molar-refractivity contribution in [2.24, 2.45) is 5.73 Å². The molecule has 246 valence electrons. The number of aliphatic carboxylic acids is 1. The second kappa shape index (κ2) is 37.1. The quantitative estimate of drug-likeness (QED) is 0.0480. The molecule has 0 fully saturated rings. The SMILES string of the molecule is CCCCCCCCCCCCC/C=C/C(O)C(N)CO.CCCCCCCCCCCCCCCCCC(=O)O. The smallest absolute Gasteiger partial charge is 0.303 e. The van der Waals surface area contributed by atoms with Gasteiger partial charge in [-0.2, -0.15) is 0 Å². The van der Waals surface area contributed by atoms with Crippen molar-refractivity contribution in [2.75, 3.05) is 6.61 Å². The van der Waals surface area contributed by atoms with Crippen molar-refractivity contribution < 1.29 is 20.1 Å². The Labute approximate surface area is 256 Å². The third kappa shape index (κ3) is 39.1. The summed E-state index contributed by atoms with van der Waals surface area (Å²) < 4.78 is 0. The van der Waals surface area contributed by atoms with Crippen molar-refractivity contribution in [2.45, 2.75) is 206 Å². The lowest BCUT2D eigenvalue weighted by atomic mass is 10.0. The molecule has 0 aliphatic carbocycles. The van der Waals surface area contributed by atoms with E-state index < -0.39 is 18.1 Å². The van der Waals surface area contributed by atoms with Gasteiger partial charge >= 0.3 is 5.97 Å². The van der Waals surface area contributed by atoms with Gasteiger partial charge in [-0.3, -0.25) is 4.79 Å². The van der Waals surface area contributed by atoms with Crippen LogP contribution in [0.15, 0.2) is 12.2 Å². The van der Waals surface area contributed by atoms with Crippen molar-refractivity contribution in [1.29, 1.82) is 0 Å². The van der Waals surface area contributed by atoms with Crippen LogP contribution in [0.5, 0.6) is 0 Å². The molecule has 5 heteroatoms. The molecule has 0 aromatic heterocycles. The lowest BCUT2D eigenvalue weighted by Gasteiger charge is -2.11. The third-order valence-corrected chi connectivity index (χ3v) is 7.95. The molecule has 5 nitrogen and oxygen atoms in total. The molecule has 2 unspecified atom stereocenters. The molecule has 0 heterocycles. The van der Waals surface area contributed by atoms with E-state index in [9.17, 15) is 9.90 Å². The van der Waals surface area contributed by atoms with Crippen molar-refractivity contribution >= 4 is 5.97 Å². The molecule has 0 radical (unpaired) electrons. The second-order valence-corrected chi connectivity index (χ2v) is 12.2. The fourth-order valence-electron chi connectivity index (χ4n) is 5.06. The fraction of sp³-hybridized carbons (Fsp3) is 0.917. The van der Waals surface area contributed by atoms with Crippen LogP contribution in [0.1, 0.15) is 194 Å². The Morgan fingerprint density at radius 2 is 0.902 bits per heavy atom. The number of aliphatic hydroxyl groups is 2. The maximum absolute atomic E-state index is 10.3. The summed E-state index contributed by atoms with van der Waals surface area (Å²) in [4.78, 5) is 10.3. The van der Waals surface area contributed by atoms with E-state index >= 15 is 0 Å². The van der Waals surface area contributed by atoms with Crippen LogP contribution in [-0.2, 0) is 4.79 Å². The fourth-order valence-corrected chi connectivity index (χ4v) is 5.06. The van der Waals surface area contributed by atoms with Gasteiger partial charge in [-0.1, -0.05) is 180 Å². The van der Waals surface area contributed by atoms with Crippen molar-refractivity contribution in [3.63, 3.8) is 0 Å². The highest BCUT2D eigenvalue weighted by atomic mass is 16.4. The first-order valence-electron chi connectivity index (χ1n) is 17.9. The first kappa shape index (κ1) is 42.2. The Kier molecular flexibility index (Phi) is 38.2. The highest BCUT2D eigenvalue weighted by Crippen LogP contribution is 2.14. The van der Waals surface area contributed by atoms with E-state index in [0.29, 0.717) is 6.42 Å². The highest BCUT2D eigenvalue weighted by Gasteiger charge is 2.08. The Balaban J connectivity index is 0. The van der Waals surface area contributed by atoms with Gasteiger partial charge in [0, 0.05) is 6.42 Å². The summed E-state index contributed by atoms with van der Waals surface area (Å²) in [6, 6.07) is -0.557. The first-order valence-corrected chi connectivity index (χ1v) is 17.9. The summed E-state index contributed by atoms with van der Waals surface area (Å²) in [5.41, 5.74) is 5.51. The molecule has 0 aliphatic rings. The van der Waals surface area contributed by atoms with Crippen molar-refractivity contribution in [1.82, 2.24) is 0 Å². The lowest BCUT2D eigenvalue weighted by molar-refractivity contribution is -0.137. The van der Waals surface area contributed by atoms with Gasteiger partial charge in [0.1, 0.15) is 0 Å². The summed E-state index contributed by atoms with van der Waals surface area (Å²) in [5.74, 6) is -0.653. The molecule has 2 atom stereocenters. The second-order valence-electron chi connectivity index (χ2n) is 12.2.